The van der Waals surface area contributed by atoms with Crippen LogP contribution in [0, 0.1) is 0 Å². The van der Waals surface area contributed by atoms with Crippen LogP contribution in [0.1, 0.15) is 60.3 Å². The molecule has 5 heteroatoms. The molecule has 4 rings (SSSR count). The Kier molecular flexibility index (Phi) is 7.61. The molecule has 0 aliphatic heterocycles. The van der Waals surface area contributed by atoms with Gasteiger partial charge in [-0.2, -0.15) is 0 Å². The van der Waals surface area contributed by atoms with E-state index in [4.69, 9.17) is 0 Å². The molecular formula is C27H28O2S3. The molecular weight excluding hydrogens is 452 g/mol. The van der Waals surface area contributed by atoms with Crippen molar-refractivity contribution in [1.82, 2.24) is 0 Å². The Morgan fingerprint density at radius 3 is 1.84 bits per heavy atom. The average Bonchev–Trinajstić information content (AvgIpc) is 3.55. The first kappa shape index (κ1) is 23.0. The molecule has 0 aliphatic carbocycles. The zero-order valence-corrected chi connectivity index (χ0v) is 21.0. The Hall–Kier alpha value is -2.21. The van der Waals surface area contributed by atoms with E-state index < -0.39 is 5.97 Å². The predicted octanol–water partition coefficient (Wildman–Crippen LogP) is 9.26. The van der Waals surface area contributed by atoms with Gasteiger partial charge in [-0.25, -0.2) is 4.79 Å². The molecule has 0 radical (unpaired) electrons. The highest BCUT2D eigenvalue weighted by Gasteiger charge is 2.22. The number of carboxylic acids is 1. The van der Waals surface area contributed by atoms with Gasteiger partial charge in [0.05, 0.1) is 0 Å². The first-order chi connectivity index (χ1) is 15.6. The van der Waals surface area contributed by atoms with E-state index >= 15 is 0 Å². The molecule has 166 valence electrons. The van der Waals surface area contributed by atoms with Crippen molar-refractivity contribution >= 4 is 40.0 Å². The number of benzene rings is 1. The number of thiophene rings is 3. The van der Waals surface area contributed by atoms with Crippen molar-refractivity contribution in [1.29, 1.82) is 0 Å². The summed E-state index contributed by atoms with van der Waals surface area (Å²) in [4.78, 5) is 18.2. The molecule has 0 saturated carbocycles. The molecule has 0 unspecified atom stereocenters. The second kappa shape index (κ2) is 10.6. The Balaban J connectivity index is 1.82. The molecule has 0 amide bonds. The van der Waals surface area contributed by atoms with Crippen LogP contribution in [0.25, 0.3) is 29.9 Å². The summed E-state index contributed by atoms with van der Waals surface area (Å²) in [7, 11) is 0. The summed E-state index contributed by atoms with van der Waals surface area (Å²) in [5, 5.41) is 9.44. The number of hydrogen-bond donors (Lipinski definition) is 1. The third kappa shape index (κ3) is 4.90. The van der Waals surface area contributed by atoms with Crippen LogP contribution in [0.5, 0.6) is 0 Å². The zero-order valence-electron chi connectivity index (χ0n) is 18.5. The fourth-order valence-corrected chi connectivity index (χ4v) is 7.46. The van der Waals surface area contributed by atoms with Crippen LogP contribution < -0.4 is 0 Å². The lowest BCUT2D eigenvalue weighted by atomic mass is 9.97. The number of carboxylic acid groups (broad SMARTS) is 1. The van der Waals surface area contributed by atoms with Crippen molar-refractivity contribution < 1.29 is 9.90 Å². The summed E-state index contributed by atoms with van der Waals surface area (Å²) >= 11 is 5.11. The molecule has 0 aliphatic rings. The lowest BCUT2D eigenvalue weighted by Gasteiger charge is -2.08. The minimum absolute atomic E-state index is 0.411. The normalized spacial score (nSPS) is 11.2. The van der Waals surface area contributed by atoms with Gasteiger partial charge in [0.2, 0.25) is 0 Å². The minimum atomic E-state index is -0.842. The summed E-state index contributed by atoms with van der Waals surface area (Å²) in [6, 6.07) is 18.8. The number of carbonyl (C=O) groups is 1. The van der Waals surface area contributed by atoms with Gasteiger partial charge in [0, 0.05) is 24.4 Å². The van der Waals surface area contributed by atoms with Crippen molar-refractivity contribution in [2.75, 3.05) is 0 Å². The van der Waals surface area contributed by atoms with Gasteiger partial charge in [-0.15, -0.1) is 34.0 Å². The second-order valence-electron chi connectivity index (χ2n) is 7.92. The monoisotopic (exact) mass is 480 g/mol. The average molecular weight is 481 g/mol. The fourth-order valence-electron chi connectivity index (χ4n) is 3.93. The van der Waals surface area contributed by atoms with E-state index in [0.29, 0.717) is 4.88 Å². The molecule has 0 spiro atoms. The van der Waals surface area contributed by atoms with Crippen molar-refractivity contribution in [3.05, 3.63) is 70.6 Å². The maximum Gasteiger partial charge on any atom is 0.345 e. The van der Waals surface area contributed by atoms with Crippen molar-refractivity contribution in [2.45, 2.75) is 52.4 Å². The Morgan fingerprint density at radius 2 is 1.28 bits per heavy atom. The van der Waals surface area contributed by atoms with Crippen LogP contribution in [0.4, 0.5) is 0 Å². The maximum atomic E-state index is 11.5. The van der Waals surface area contributed by atoms with Gasteiger partial charge in [0.1, 0.15) is 4.88 Å². The van der Waals surface area contributed by atoms with Gasteiger partial charge in [-0.3, -0.25) is 0 Å². The Morgan fingerprint density at radius 1 is 0.719 bits per heavy atom. The van der Waals surface area contributed by atoms with Gasteiger partial charge < -0.3 is 5.11 Å². The number of hydrogen-bond acceptors (Lipinski definition) is 4. The molecule has 2 nitrogen and oxygen atoms in total. The van der Waals surface area contributed by atoms with Crippen molar-refractivity contribution in [3.63, 3.8) is 0 Å². The topological polar surface area (TPSA) is 37.3 Å². The highest BCUT2D eigenvalue weighted by atomic mass is 32.1. The van der Waals surface area contributed by atoms with Crippen LogP contribution in [0.15, 0.2) is 54.6 Å². The van der Waals surface area contributed by atoms with E-state index in [1.165, 1.54) is 60.4 Å². The Bertz CT molecular complexity index is 1180. The molecule has 0 bridgehead atoms. The number of aromatic carboxylic acids is 1. The van der Waals surface area contributed by atoms with E-state index in [9.17, 15) is 9.90 Å². The molecule has 1 aromatic carbocycles. The van der Waals surface area contributed by atoms with E-state index in [2.05, 4.69) is 56.3 Å². The maximum absolute atomic E-state index is 11.5. The standard InChI is InChI=1S/C27H28O2S3/c1-3-5-12-19-20(13-6-4-2)26(23-16-17-24(31-23)27(28)29)32-25(19)22-15-14-21(30-22)18-10-8-7-9-11-18/h7-11,14-17H,3-6,12-13H2,1-2H3,(H,28,29). The molecule has 1 N–H and O–H groups in total. The fraction of sp³-hybridized carbons (Fsp3) is 0.296. The smallest absolute Gasteiger partial charge is 0.345 e. The molecule has 32 heavy (non-hydrogen) atoms. The molecule has 3 heterocycles. The molecule has 3 aromatic heterocycles. The van der Waals surface area contributed by atoms with Crippen molar-refractivity contribution in [2.24, 2.45) is 0 Å². The third-order valence-corrected chi connectivity index (χ3v) is 9.45. The summed E-state index contributed by atoms with van der Waals surface area (Å²) in [6.45, 7) is 4.48. The molecule has 0 atom stereocenters. The van der Waals surface area contributed by atoms with Gasteiger partial charge in [-0.05, 0) is 66.6 Å². The van der Waals surface area contributed by atoms with E-state index in [0.717, 1.165) is 30.6 Å². The highest BCUT2D eigenvalue weighted by Crippen LogP contribution is 2.48. The summed E-state index contributed by atoms with van der Waals surface area (Å²) in [5.41, 5.74) is 4.17. The third-order valence-electron chi connectivity index (χ3n) is 5.61. The van der Waals surface area contributed by atoms with Crippen LogP contribution in [0.2, 0.25) is 0 Å². The quantitative estimate of drug-likeness (QED) is 0.245. The summed E-state index contributed by atoms with van der Waals surface area (Å²) in [5.74, 6) is -0.842. The van der Waals surface area contributed by atoms with Crippen LogP contribution >= 0.6 is 34.0 Å². The van der Waals surface area contributed by atoms with E-state index in [-0.39, 0.29) is 0 Å². The van der Waals surface area contributed by atoms with Gasteiger partial charge >= 0.3 is 5.97 Å². The van der Waals surface area contributed by atoms with E-state index in [1.807, 2.05) is 28.7 Å². The number of rotatable bonds is 10. The van der Waals surface area contributed by atoms with Gasteiger partial charge in [0.15, 0.2) is 0 Å². The minimum Gasteiger partial charge on any atom is -0.477 e. The number of unbranched alkanes of at least 4 members (excludes halogenated alkanes) is 2. The van der Waals surface area contributed by atoms with Crippen LogP contribution in [0.3, 0.4) is 0 Å². The first-order valence-corrected chi connectivity index (χ1v) is 13.7. The highest BCUT2D eigenvalue weighted by molar-refractivity contribution is 7.27. The summed E-state index contributed by atoms with van der Waals surface area (Å²) < 4.78 is 0. The Labute approximate surface area is 202 Å². The SMILES string of the molecule is CCCCc1c(-c2ccc(C(=O)O)s2)sc(-c2ccc(-c3ccccc3)s2)c1CCCC. The molecule has 4 aromatic rings. The zero-order chi connectivity index (χ0) is 22.5. The van der Waals surface area contributed by atoms with Crippen molar-refractivity contribution in [3.8, 4) is 29.9 Å². The molecule has 0 fully saturated rings. The van der Waals surface area contributed by atoms with E-state index in [1.54, 1.807) is 6.07 Å². The lowest BCUT2D eigenvalue weighted by Crippen LogP contribution is -1.94. The molecule has 0 saturated heterocycles. The predicted molar refractivity (Wildman–Crippen MR) is 141 cm³/mol. The second-order valence-corrected chi connectivity index (χ2v) is 11.1. The van der Waals surface area contributed by atoms with Gasteiger partial charge in [-0.1, -0.05) is 57.0 Å². The summed E-state index contributed by atoms with van der Waals surface area (Å²) in [6.07, 6.45) is 6.78. The van der Waals surface area contributed by atoms with Crippen LogP contribution in [-0.4, -0.2) is 11.1 Å². The first-order valence-electron chi connectivity index (χ1n) is 11.3. The lowest BCUT2D eigenvalue weighted by molar-refractivity contribution is 0.0702. The van der Waals surface area contributed by atoms with Gasteiger partial charge in [0.25, 0.3) is 0 Å². The largest absolute Gasteiger partial charge is 0.477 e. The van der Waals surface area contributed by atoms with Crippen LogP contribution in [-0.2, 0) is 12.8 Å².